The Morgan fingerprint density at radius 1 is 1.17 bits per heavy atom. The second kappa shape index (κ2) is 10.5. The van der Waals surface area contributed by atoms with Crippen LogP contribution < -0.4 is 5.32 Å². The van der Waals surface area contributed by atoms with Gasteiger partial charge in [-0.15, -0.1) is 11.3 Å². The molecule has 0 saturated carbocycles. The molecule has 0 bridgehead atoms. The van der Waals surface area contributed by atoms with E-state index < -0.39 is 0 Å². The lowest BCUT2D eigenvalue weighted by molar-refractivity contribution is -0.123. The maximum Gasteiger partial charge on any atom is 0.235 e. The molecule has 2 aromatic carbocycles. The standard InChI is InChI=1S/C24H27N3O2S/c28-22(26-23(24-25-13-15-30-24)20-10-5-2-6-11-20)18-27(17-21-12-7-14-29-21)16-19-8-3-1-4-9-19/h1-6,8-11,13,15,21,23H,7,12,14,16-18H2,(H,26,28). The van der Waals surface area contributed by atoms with Crippen LogP contribution in [0.25, 0.3) is 0 Å². The highest BCUT2D eigenvalue weighted by molar-refractivity contribution is 7.09. The molecule has 2 atom stereocenters. The Morgan fingerprint density at radius 3 is 2.60 bits per heavy atom. The largest absolute Gasteiger partial charge is 0.377 e. The second-order valence-electron chi connectivity index (χ2n) is 7.57. The van der Waals surface area contributed by atoms with Crippen LogP contribution in [0.5, 0.6) is 0 Å². The molecule has 0 spiro atoms. The molecule has 1 N–H and O–H groups in total. The average molecular weight is 422 g/mol. The highest BCUT2D eigenvalue weighted by atomic mass is 32.1. The minimum Gasteiger partial charge on any atom is -0.377 e. The number of ether oxygens (including phenoxy) is 1. The Bertz CT molecular complexity index is 897. The third-order valence-corrected chi connectivity index (χ3v) is 6.08. The summed E-state index contributed by atoms with van der Waals surface area (Å²) in [7, 11) is 0. The predicted octanol–water partition coefficient (Wildman–Crippen LogP) is 4.03. The number of rotatable bonds is 9. The van der Waals surface area contributed by atoms with E-state index in [9.17, 15) is 4.79 Å². The molecule has 6 heteroatoms. The van der Waals surface area contributed by atoms with E-state index in [4.69, 9.17) is 4.74 Å². The number of hydrogen-bond acceptors (Lipinski definition) is 5. The number of carbonyl (C=O) groups is 1. The first kappa shape index (κ1) is 20.7. The molecule has 2 heterocycles. The molecule has 1 aromatic heterocycles. The van der Waals surface area contributed by atoms with E-state index in [0.717, 1.165) is 43.1 Å². The van der Waals surface area contributed by atoms with Crippen LogP contribution in [0.3, 0.4) is 0 Å². The van der Waals surface area contributed by atoms with Crippen LogP contribution in [-0.4, -0.2) is 41.6 Å². The quantitative estimate of drug-likeness (QED) is 0.567. The number of hydrogen-bond donors (Lipinski definition) is 1. The van der Waals surface area contributed by atoms with Gasteiger partial charge in [0.2, 0.25) is 5.91 Å². The minimum atomic E-state index is -0.236. The van der Waals surface area contributed by atoms with E-state index in [-0.39, 0.29) is 18.1 Å². The van der Waals surface area contributed by atoms with Gasteiger partial charge < -0.3 is 10.1 Å². The zero-order valence-corrected chi connectivity index (χ0v) is 17.8. The lowest BCUT2D eigenvalue weighted by atomic mass is 10.1. The molecule has 0 aliphatic carbocycles. The SMILES string of the molecule is O=C(CN(Cc1ccccc1)CC1CCCO1)NC(c1ccccc1)c1nccs1. The van der Waals surface area contributed by atoms with Crippen LogP contribution in [0.15, 0.2) is 72.2 Å². The number of nitrogens with zero attached hydrogens (tertiary/aromatic N) is 2. The van der Waals surface area contributed by atoms with Crippen LogP contribution in [-0.2, 0) is 16.1 Å². The van der Waals surface area contributed by atoms with Gasteiger partial charge in [-0.25, -0.2) is 4.98 Å². The molecule has 4 rings (SSSR count). The van der Waals surface area contributed by atoms with Crippen LogP contribution in [0.4, 0.5) is 0 Å². The van der Waals surface area contributed by atoms with Crippen molar-refractivity contribution in [3.8, 4) is 0 Å². The number of thiazole rings is 1. The van der Waals surface area contributed by atoms with Crippen molar-refractivity contribution in [2.45, 2.75) is 31.5 Å². The van der Waals surface area contributed by atoms with Gasteiger partial charge in [-0.05, 0) is 24.0 Å². The Balaban J connectivity index is 1.46. The molecular formula is C24H27N3O2S. The third kappa shape index (κ3) is 5.75. The van der Waals surface area contributed by atoms with Gasteiger partial charge in [0.1, 0.15) is 11.0 Å². The first-order valence-corrected chi connectivity index (χ1v) is 11.3. The van der Waals surface area contributed by atoms with E-state index in [2.05, 4.69) is 27.3 Å². The van der Waals surface area contributed by atoms with Gasteiger partial charge in [-0.2, -0.15) is 0 Å². The molecule has 0 radical (unpaired) electrons. The summed E-state index contributed by atoms with van der Waals surface area (Å²) in [5.74, 6) is -0.00650. The molecule has 1 aliphatic heterocycles. The van der Waals surface area contributed by atoms with Crippen molar-refractivity contribution in [2.24, 2.45) is 0 Å². The molecule has 2 unspecified atom stereocenters. The Hall–Kier alpha value is -2.54. The molecule has 30 heavy (non-hydrogen) atoms. The van der Waals surface area contributed by atoms with Crippen LogP contribution >= 0.6 is 11.3 Å². The fraction of sp³-hybridized carbons (Fsp3) is 0.333. The van der Waals surface area contributed by atoms with Gasteiger partial charge in [-0.3, -0.25) is 9.69 Å². The first-order valence-electron chi connectivity index (χ1n) is 10.4. The first-order chi connectivity index (χ1) is 14.8. The maximum absolute atomic E-state index is 13.1. The van der Waals surface area contributed by atoms with Crippen molar-refractivity contribution in [3.63, 3.8) is 0 Å². The molecule has 5 nitrogen and oxygen atoms in total. The summed E-state index contributed by atoms with van der Waals surface area (Å²) < 4.78 is 5.83. The van der Waals surface area contributed by atoms with E-state index >= 15 is 0 Å². The molecule has 3 aromatic rings. The van der Waals surface area contributed by atoms with Gasteiger partial charge in [-0.1, -0.05) is 60.7 Å². The molecule has 1 amide bonds. The highest BCUT2D eigenvalue weighted by Crippen LogP contribution is 2.24. The van der Waals surface area contributed by atoms with Crippen LogP contribution in [0, 0.1) is 0 Å². The number of carbonyl (C=O) groups excluding carboxylic acids is 1. The Morgan fingerprint density at radius 2 is 1.93 bits per heavy atom. The molecule has 1 saturated heterocycles. The second-order valence-corrected chi connectivity index (χ2v) is 8.50. The lowest BCUT2D eigenvalue weighted by Gasteiger charge is -2.26. The number of aromatic nitrogens is 1. The highest BCUT2D eigenvalue weighted by Gasteiger charge is 2.24. The summed E-state index contributed by atoms with van der Waals surface area (Å²) in [4.78, 5) is 19.7. The summed E-state index contributed by atoms with van der Waals surface area (Å²) in [5, 5.41) is 6.04. The summed E-state index contributed by atoms with van der Waals surface area (Å²) in [5.41, 5.74) is 2.23. The number of benzene rings is 2. The summed E-state index contributed by atoms with van der Waals surface area (Å²) in [6.07, 6.45) is 4.13. The summed E-state index contributed by atoms with van der Waals surface area (Å²) in [6, 6.07) is 20.1. The van der Waals surface area contributed by atoms with Gasteiger partial charge in [0.15, 0.2) is 0 Å². The predicted molar refractivity (Wildman–Crippen MR) is 119 cm³/mol. The molecule has 1 fully saturated rings. The van der Waals surface area contributed by atoms with E-state index in [1.165, 1.54) is 5.56 Å². The minimum absolute atomic E-state index is 0.00650. The van der Waals surface area contributed by atoms with Gasteiger partial charge >= 0.3 is 0 Å². The fourth-order valence-electron chi connectivity index (χ4n) is 3.82. The summed E-state index contributed by atoms with van der Waals surface area (Å²) in [6.45, 7) is 2.62. The maximum atomic E-state index is 13.1. The Kier molecular flexibility index (Phi) is 7.24. The smallest absolute Gasteiger partial charge is 0.235 e. The van der Waals surface area contributed by atoms with Crippen molar-refractivity contribution in [1.29, 1.82) is 0 Å². The third-order valence-electron chi connectivity index (χ3n) is 5.24. The zero-order chi connectivity index (χ0) is 20.6. The van der Waals surface area contributed by atoms with Gasteiger partial charge in [0, 0.05) is 31.3 Å². The lowest BCUT2D eigenvalue weighted by Crippen LogP contribution is -2.41. The van der Waals surface area contributed by atoms with Crippen molar-refractivity contribution in [2.75, 3.05) is 19.7 Å². The number of amides is 1. The normalized spacial score (nSPS) is 17.2. The van der Waals surface area contributed by atoms with Crippen molar-refractivity contribution in [3.05, 3.63) is 88.4 Å². The topological polar surface area (TPSA) is 54.5 Å². The van der Waals surface area contributed by atoms with Crippen LogP contribution in [0.2, 0.25) is 0 Å². The monoisotopic (exact) mass is 421 g/mol. The van der Waals surface area contributed by atoms with Crippen molar-refractivity contribution in [1.82, 2.24) is 15.2 Å². The summed E-state index contributed by atoms with van der Waals surface area (Å²) >= 11 is 1.56. The zero-order valence-electron chi connectivity index (χ0n) is 16.9. The van der Waals surface area contributed by atoms with Gasteiger partial charge in [0.25, 0.3) is 0 Å². The van der Waals surface area contributed by atoms with Crippen molar-refractivity contribution < 1.29 is 9.53 Å². The average Bonchev–Trinajstić information content (AvgIpc) is 3.48. The van der Waals surface area contributed by atoms with Gasteiger partial charge in [0.05, 0.1) is 12.6 Å². The molecule has 156 valence electrons. The fourth-order valence-corrected chi connectivity index (χ4v) is 4.54. The Labute approximate surface area is 181 Å². The van der Waals surface area contributed by atoms with Crippen LogP contribution in [0.1, 0.15) is 35.0 Å². The number of nitrogens with one attached hydrogen (secondary N) is 1. The molecule has 1 aliphatic rings. The van der Waals surface area contributed by atoms with E-state index in [0.29, 0.717) is 6.54 Å². The molecular weight excluding hydrogens is 394 g/mol. The van der Waals surface area contributed by atoms with E-state index in [1.807, 2.05) is 53.9 Å². The van der Waals surface area contributed by atoms with E-state index in [1.54, 1.807) is 17.5 Å². The van der Waals surface area contributed by atoms with Crippen molar-refractivity contribution >= 4 is 17.2 Å².